The van der Waals surface area contributed by atoms with E-state index in [1.165, 1.54) is 53.1 Å². The number of H-pyrrole nitrogens is 2. The maximum Gasteiger partial charge on any atom is 0.490 e. The number of ether oxygens (including phenoxy) is 8. The van der Waals surface area contributed by atoms with Crippen LogP contribution in [-0.4, -0.2) is 226 Å². The minimum absolute atomic E-state index is 0.0524. The highest BCUT2D eigenvalue weighted by Gasteiger charge is 2.52. The topological polar surface area (TPSA) is 1160 Å². The minimum Gasteiger partial charge on any atom is -0.383 e. The van der Waals surface area contributed by atoms with Gasteiger partial charge in [0.15, 0.2) is 5.65 Å². The molecule has 0 radical (unpaired) electrons. The average molecular weight is 2290 g/mol. The van der Waals surface area contributed by atoms with Crippen LogP contribution in [0.2, 0.25) is 0 Å². The molecule has 6 aromatic heterocycles. The van der Waals surface area contributed by atoms with Crippen LogP contribution in [-0.2, 0) is 145 Å². The molecular weight excluding hydrogens is 2220 g/mol. The molecule has 77 nitrogen and oxygen atoms in total. The lowest BCUT2D eigenvalue weighted by Gasteiger charge is -2.24. The third-order valence-corrected chi connectivity index (χ3v) is 31.9. The summed E-state index contributed by atoms with van der Waals surface area (Å²) in [6.45, 7) is 0.366. The normalized spacial score (nSPS) is 25.6. The smallest absolute Gasteiger partial charge is 0.383 e. The molecule has 6 aromatic rings. The SMILES string of the molecule is CC(F)(N=[N+]=[N-])OC1C[C@H](n2ccc(N)nc2=O)O[C@@H]1COP(=O)(O)OP(=O)(O)OP(=O)(O)O.CC(F)(N=[N+]=[N-])OC1C[C@H](n2ccc3c(=O)[nH]c(N)nc32)O[C@@H]1COP(=O)(O)OP(=O)(O)OP(=O)(O)O.CC(F)(N=[N+]=[N-])OC1C[C@H](n2ccc3c(N)ncnc32)O[C@@H]1COP(=O)(O)OP(=O)(O)OP(=O)(O)O.Cc1cn([C@H]2CC(OC(C)(F)N=[N+]=[N-])[C@@H](COP(=O)(O)OP(=O)(O)OP(=O)(O)O)O2)c(=O)[nH]c1=O. The summed E-state index contributed by atoms with van der Waals surface area (Å²) in [7, 11) is -67.7. The number of aryl methyl sites for hydroxylation is 1. The van der Waals surface area contributed by atoms with Gasteiger partial charge in [-0.3, -0.25) is 46.8 Å². The number of alkyl halides is 4. The first-order valence-corrected chi connectivity index (χ1v) is 54.8. The zero-order valence-electron chi connectivity index (χ0n) is 70.6. The van der Waals surface area contributed by atoms with E-state index in [4.69, 9.17) is 116 Å². The molecule has 4 saturated heterocycles. The van der Waals surface area contributed by atoms with Crippen molar-refractivity contribution in [2.45, 2.75) is 158 Å². The largest absolute Gasteiger partial charge is 0.490 e. The van der Waals surface area contributed by atoms with Crippen LogP contribution >= 0.6 is 93.9 Å². The molecule has 4 aliphatic heterocycles. The molecule has 4 aliphatic rings. The van der Waals surface area contributed by atoms with E-state index in [-0.39, 0.29) is 59.9 Å². The second kappa shape index (κ2) is 47.2. The highest BCUT2D eigenvalue weighted by Crippen LogP contribution is 2.70. The summed E-state index contributed by atoms with van der Waals surface area (Å²) < 4.78 is 288. The number of rotatable bonds is 44. The van der Waals surface area contributed by atoms with Crippen LogP contribution in [0.15, 0.2) is 88.9 Å². The van der Waals surface area contributed by atoms with Gasteiger partial charge in [-0.25, -0.2) is 91.9 Å². The van der Waals surface area contributed by atoms with Gasteiger partial charge in [-0.15, -0.1) is 0 Å². The molecule has 0 aromatic carbocycles. The minimum atomic E-state index is -5.80. The number of nitrogen functional groups attached to an aromatic ring is 3. The van der Waals surface area contributed by atoms with Crippen LogP contribution in [0.25, 0.3) is 63.8 Å². The van der Waals surface area contributed by atoms with Crippen LogP contribution < -0.4 is 39.7 Å². The summed E-state index contributed by atoms with van der Waals surface area (Å²) in [6.07, 6.45) is -10.5. The lowest BCUT2D eigenvalue weighted by atomic mass is 10.2. The first-order valence-electron chi connectivity index (χ1n) is 36.7. The lowest BCUT2D eigenvalue weighted by molar-refractivity contribution is -0.179. The summed E-state index contributed by atoms with van der Waals surface area (Å²) in [6, 6.07) is 4.18. The van der Waals surface area contributed by atoms with E-state index in [1.54, 1.807) is 6.07 Å². The zero-order chi connectivity index (χ0) is 108. The van der Waals surface area contributed by atoms with Gasteiger partial charge in [0.1, 0.15) is 72.9 Å². The quantitative estimate of drug-likeness (QED) is 0.00606. The molecule has 0 amide bonds. The van der Waals surface area contributed by atoms with E-state index >= 15 is 0 Å². The van der Waals surface area contributed by atoms with Gasteiger partial charge in [0.05, 0.1) is 61.6 Å². The Morgan fingerprint density at radius 2 is 0.711 bits per heavy atom. The molecule has 796 valence electrons. The molecule has 24 N–H and O–H groups in total. The van der Waals surface area contributed by atoms with E-state index in [2.05, 4.69) is 118 Å². The number of aromatic nitrogens is 10. The first-order chi connectivity index (χ1) is 64.7. The van der Waals surface area contributed by atoms with Crippen LogP contribution in [0, 0.1) is 6.92 Å². The number of hydrogen-bond acceptors (Lipinski definition) is 47. The number of nitrogens with one attached hydrogen (secondary N) is 2. The number of aromatic amines is 2. The van der Waals surface area contributed by atoms with Crippen molar-refractivity contribution in [3.8, 4) is 0 Å². The molecule has 24 atom stereocenters. The molecule has 0 saturated carbocycles. The molecule has 0 aliphatic carbocycles. The van der Waals surface area contributed by atoms with Gasteiger partial charge in [0, 0.05) is 103 Å². The Morgan fingerprint density at radius 1 is 0.415 bits per heavy atom. The Kier molecular flexibility index (Phi) is 40.3. The van der Waals surface area contributed by atoms with Gasteiger partial charge < -0.3 is 143 Å². The van der Waals surface area contributed by atoms with Crippen molar-refractivity contribution in [1.29, 1.82) is 0 Å². The molecule has 0 bridgehead atoms. The lowest BCUT2D eigenvalue weighted by Crippen LogP contribution is -2.35. The summed E-state index contributed by atoms with van der Waals surface area (Å²) in [5.74, 6) is -11.9. The number of nitrogens with zero attached hydrogens (tertiary/aromatic N) is 20. The Labute approximate surface area is 780 Å². The Morgan fingerprint density at radius 3 is 1.02 bits per heavy atom. The number of fused-ring (bicyclic) bond motifs is 2. The van der Waals surface area contributed by atoms with Crippen molar-refractivity contribution in [2.75, 3.05) is 43.6 Å². The van der Waals surface area contributed by atoms with Gasteiger partial charge in [0.25, 0.3) is 35.0 Å². The van der Waals surface area contributed by atoms with Crippen LogP contribution in [0.3, 0.4) is 0 Å². The molecular formula is C49H75F4N25O52P12. The molecule has 0 spiro atoms. The second-order valence-electron chi connectivity index (χ2n) is 28.0. The summed E-state index contributed by atoms with van der Waals surface area (Å²) >= 11 is 0. The zero-order valence-corrected chi connectivity index (χ0v) is 81.3. The van der Waals surface area contributed by atoms with Crippen molar-refractivity contribution in [1.82, 2.24) is 48.2 Å². The molecule has 142 heavy (non-hydrogen) atoms. The Balaban J connectivity index is 0.000000257. The standard InChI is InChI=1S/C13H19FN7O13P3.C13H19FN7O12P3.C12H19FN5O14P3.C11H18FN6O13P3/c1-13(14,19-20-16)32-7-4-9(21-3-2-6-10(21)17-12(15)18-11(6)22)31-8(7)5-30-36(26,27)34-37(28,29)33-35(23,24)25;1-13(14,19-20-16)31-8-4-10(21-3-2-7-11(15)17-6-18-12(7)21)30-9(8)5-29-35(25,26)33-36(27,28)32-34(22,23)24;1-6-4-18(11(20)15-10(6)19)9-3-7(30-12(2,13)16-17-14)8(29-9)5-28-34(24,25)32-35(26,27)31-33(21,22)23;1-11(12,16-17-14)29-6-4-9(18-3-2-8(13)15-10(18)19)28-7(6)5-27-33(23,24)31-34(25,26)30-32(20,21)22/h2-3,7-9H,4-5H2,1H3,(H,26,27)(H,28,29)(H2,23,24,25)(H3,15,17,18,22);2-3,6,8-10H,4-5H2,1H3,(H,25,26)(H,27,28)(H2,15,17,18)(H2,22,23,24);4,7-9H,3,5H2,1-2H3,(H,24,25)(H,26,27)(H,15,19,20)(H2,21,22,23);2-3,6-7,9H,4-5H2,1H3,(H,23,24)(H,25,26)(H2,13,15,19)(H2,20,21,22)/t7?,8-,9-,13?;8?,9-,10-,13?;7?,8-,9-,12?;6?,7-,9-,11?/m1111/s1. The average Bonchev–Trinajstić information content (AvgIpc) is 1.63. The molecule has 4 fully saturated rings. The van der Waals surface area contributed by atoms with Gasteiger partial charge in [-0.1, -0.05) is 0 Å². The summed E-state index contributed by atoms with van der Waals surface area (Å²) in [5.41, 5.74) is 48.1. The third kappa shape index (κ3) is 39.2. The van der Waals surface area contributed by atoms with Gasteiger partial charge in [0.2, 0.25) is 5.95 Å². The number of hydrogen-bond donors (Lipinski definition) is 21. The number of phosphoric acid groups is 12. The number of phosphoric ester groups is 4. The van der Waals surface area contributed by atoms with E-state index in [9.17, 15) is 131 Å². The summed E-state index contributed by atoms with van der Waals surface area (Å²) in [5, 5.41) is 11.8. The second-order valence-corrected chi connectivity index (χ2v) is 45.7. The molecule has 16 unspecified atom stereocenters. The summed E-state index contributed by atoms with van der Waals surface area (Å²) in [4.78, 5) is 221. The van der Waals surface area contributed by atoms with Crippen molar-refractivity contribution in [2.24, 2.45) is 20.5 Å². The van der Waals surface area contributed by atoms with Crippen LogP contribution in [0.5, 0.6) is 0 Å². The monoisotopic (exact) mass is 2290 g/mol. The predicted molar refractivity (Wildman–Crippen MR) is 443 cm³/mol. The van der Waals surface area contributed by atoms with Crippen LogP contribution in [0.4, 0.5) is 35.1 Å². The third-order valence-electron chi connectivity index (χ3n) is 16.7. The number of azide groups is 4. The fraction of sp³-hybridized carbons (Fsp3) is 0.592. The maximum atomic E-state index is 14.5. The van der Waals surface area contributed by atoms with Gasteiger partial charge in [-0.05, 0) is 67.7 Å². The maximum absolute atomic E-state index is 14.5. The Bertz CT molecular complexity index is 6690. The van der Waals surface area contributed by atoms with Crippen LogP contribution in [0.1, 0.15) is 83.9 Å². The van der Waals surface area contributed by atoms with E-state index in [0.29, 0.717) is 11.0 Å². The first kappa shape index (κ1) is 121. The van der Waals surface area contributed by atoms with Crippen molar-refractivity contribution < 1.29 is 241 Å². The highest BCUT2D eigenvalue weighted by atomic mass is 31.3. The van der Waals surface area contributed by atoms with E-state index in [1.807, 2.05) is 4.98 Å². The molecule has 10 rings (SSSR count). The van der Waals surface area contributed by atoms with Gasteiger partial charge >= 0.3 is 105 Å². The molecule has 10 heterocycles. The van der Waals surface area contributed by atoms with Gasteiger partial charge in [-0.2, -0.15) is 44.5 Å². The Hall–Kier alpha value is -7.72. The number of nitrogens with two attached hydrogens (primary N) is 3. The van der Waals surface area contributed by atoms with Crippen molar-refractivity contribution >= 4 is 134 Å². The predicted octanol–water partition coefficient (Wildman–Crippen LogP) is 4.87. The highest BCUT2D eigenvalue weighted by molar-refractivity contribution is 7.68. The van der Waals surface area contributed by atoms with Crippen molar-refractivity contribution in [3.63, 3.8) is 0 Å². The number of halogens is 4. The number of anilines is 3. The van der Waals surface area contributed by atoms with E-state index in [0.717, 1.165) is 43.0 Å². The van der Waals surface area contributed by atoms with Crippen molar-refractivity contribution in [3.05, 3.63) is 138 Å². The fourth-order valence-corrected chi connectivity index (χ4v) is 24.1. The fourth-order valence-electron chi connectivity index (χ4n) is 11.9. The van der Waals surface area contributed by atoms with E-state index < -0.39 is 240 Å². The molecule has 93 heteroatoms.